The van der Waals surface area contributed by atoms with Crippen LogP contribution in [0.4, 0.5) is 5.69 Å². The van der Waals surface area contributed by atoms with Gasteiger partial charge in [0.25, 0.3) is 0 Å². The van der Waals surface area contributed by atoms with E-state index in [9.17, 15) is 0 Å². The molecule has 2 nitrogen and oxygen atoms in total. The fourth-order valence-electron chi connectivity index (χ4n) is 3.55. The largest absolute Gasteiger partial charge is 0.382 e. The Kier molecular flexibility index (Phi) is 3.53. The Bertz CT molecular complexity index is 471. The number of hydrogen-bond donors (Lipinski definition) is 1. The molecule has 2 aliphatic rings. The summed E-state index contributed by atoms with van der Waals surface area (Å²) in [5.74, 6) is 0. The maximum atomic E-state index is 6.03. The zero-order valence-electron chi connectivity index (χ0n) is 13.0. The summed E-state index contributed by atoms with van der Waals surface area (Å²) in [5.41, 5.74) is 3.12. The molecule has 1 saturated heterocycles. The first kappa shape index (κ1) is 13.9. The van der Waals surface area contributed by atoms with E-state index in [0.29, 0.717) is 6.04 Å². The molecule has 1 heterocycles. The third kappa shape index (κ3) is 2.71. The van der Waals surface area contributed by atoms with Gasteiger partial charge >= 0.3 is 0 Å². The lowest BCUT2D eigenvalue weighted by Crippen LogP contribution is -2.49. The molecular weight excluding hydrogens is 246 g/mol. The lowest BCUT2D eigenvalue weighted by Gasteiger charge is -2.47. The molecule has 1 aromatic carbocycles. The molecule has 3 rings (SSSR count). The summed E-state index contributed by atoms with van der Waals surface area (Å²) in [4.78, 5) is 0. The minimum absolute atomic E-state index is 0.183. The molecule has 1 N–H and O–H groups in total. The highest BCUT2D eigenvalue weighted by Crippen LogP contribution is 2.43. The molecule has 1 aromatic rings. The summed E-state index contributed by atoms with van der Waals surface area (Å²) in [5, 5.41) is 3.80. The van der Waals surface area contributed by atoms with Gasteiger partial charge in [-0.3, -0.25) is 0 Å². The van der Waals surface area contributed by atoms with Crippen molar-refractivity contribution < 1.29 is 4.74 Å². The molecule has 0 amide bonds. The second kappa shape index (κ2) is 5.07. The number of ether oxygens (including phenoxy) is 1. The van der Waals surface area contributed by atoms with E-state index in [2.05, 4.69) is 50.4 Å². The van der Waals surface area contributed by atoms with Gasteiger partial charge in [0.2, 0.25) is 0 Å². The first-order chi connectivity index (χ1) is 9.49. The number of hydrogen-bond acceptors (Lipinski definition) is 2. The zero-order valence-corrected chi connectivity index (χ0v) is 13.0. The normalized spacial score (nSPS) is 25.2. The van der Waals surface area contributed by atoms with E-state index in [1.807, 2.05) is 0 Å². The molecule has 1 atom stereocenters. The first-order valence-corrected chi connectivity index (χ1v) is 7.99. The van der Waals surface area contributed by atoms with Crippen molar-refractivity contribution >= 4 is 5.69 Å². The van der Waals surface area contributed by atoms with Crippen LogP contribution in [0.3, 0.4) is 0 Å². The highest BCUT2D eigenvalue weighted by molar-refractivity contribution is 5.54. The summed E-state index contributed by atoms with van der Waals surface area (Å²) >= 11 is 0. The highest BCUT2D eigenvalue weighted by atomic mass is 16.5. The van der Waals surface area contributed by atoms with Crippen LogP contribution in [-0.4, -0.2) is 18.2 Å². The number of benzene rings is 1. The SMILES string of the molecule is CC(C)(C)c1ccccc1NC1CCOC2(CCC2)C1. The van der Waals surface area contributed by atoms with Crippen LogP contribution < -0.4 is 5.32 Å². The summed E-state index contributed by atoms with van der Waals surface area (Å²) < 4.78 is 6.03. The van der Waals surface area contributed by atoms with Crippen LogP contribution >= 0.6 is 0 Å². The van der Waals surface area contributed by atoms with Gasteiger partial charge in [0, 0.05) is 18.3 Å². The molecule has 0 aromatic heterocycles. The number of nitrogens with one attached hydrogen (secondary N) is 1. The van der Waals surface area contributed by atoms with Crippen LogP contribution in [0.1, 0.15) is 58.4 Å². The standard InChI is InChI=1S/C18H27NO/c1-17(2,3)15-7-4-5-8-16(15)19-14-9-12-20-18(13-14)10-6-11-18/h4-5,7-8,14,19H,6,9-13H2,1-3H3. The minimum atomic E-state index is 0.183. The number of rotatable bonds is 2. The summed E-state index contributed by atoms with van der Waals surface area (Å²) in [7, 11) is 0. The first-order valence-electron chi connectivity index (χ1n) is 7.99. The quantitative estimate of drug-likeness (QED) is 0.856. The van der Waals surface area contributed by atoms with Gasteiger partial charge in [-0.05, 0) is 49.1 Å². The van der Waals surface area contributed by atoms with Gasteiger partial charge in [-0.15, -0.1) is 0 Å². The molecule has 1 aliphatic carbocycles. The molecule has 2 fully saturated rings. The minimum Gasteiger partial charge on any atom is -0.382 e. The van der Waals surface area contributed by atoms with Gasteiger partial charge in [-0.2, -0.15) is 0 Å². The van der Waals surface area contributed by atoms with Crippen molar-refractivity contribution in [3.05, 3.63) is 29.8 Å². The lowest BCUT2D eigenvalue weighted by molar-refractivity contribution is -0.130. The van der Waals surface area contributed by atoms with Gasteiger partial charge in [-0.25, -0.2) is 0 Å². The van der Waals surface area contributed by atoms with E-state index >= 15 is 0 Å². The van der Waals surface area contributed by atoms with Crippen LogP contribution in [0.5, 0.6) is 0 Å². The lowest BCUT2D eigenvalue weighted by atomic mass is 9.74. The molecule has 20 heavy (non-hydrogen) atoms. The third-order valence-corrected chi connectivity index (χ3v) is 4.85. The van der Waals surface area contributed by atoms with Crippen molar-refractivity contribution in [2.24, 2.45) is 0 Å². The Morgan fingerprint density at radius 3 is 2.60 bits per heavy atom. The van der Waals surface area contributed by atoms with Crippen molar-refractivity contribution in [2.75, 3.05) is 11.9 Å². The van der Waals surface area contributed by atoms with Crippen molar-refractivity contribution in [3.63, 3.8) is 0 Å². The van der Waals surface area contributed by atoms with Gasteiger partial charge in [0.1, 0.15) is 0 Å². The van der Waals surface area contributed by atoms with E-state index in [1.165, 1.54) is 36.9 Å². The molecular formula is C18H27NO. The van der Waals surface area contributed by atoms with E-state index in [0.717, 1.165) is 13.0 Å². The molecule has 1 spiro atoms. The topological polar surface area (TPSA) is 21.3 Å². The van der Waals surface area contributed by atoms with Gasteiger partial charge < -0.3 is 10.1 Å². The van der Waals surface area contributed by atoms with E-state index in [-0.39, 0.29) is 11.0 Å². The van der Waals surface area contributed by atoms with Crippen LogP contribution in [0.25, 0.3) is 0 Å². The van der Waals surface area contributed by atoms with Crippen LogP contribution in [0, 0.1) is 0 Å². The van der Waals surface area contributed by atoms with Crippen LogP contribution in [0.15, 0.2) is 24.3 Å². The van der Waals surface area contributed by atoms with Crippen LogP contribution in [0.2, 0.25) is 0 Å². The maximum Gasteiger partial charge on any atom is 0.0702 e. The summed E-state index contributed by atoms with van der Waals surface area (Å²) in [6.07, 6.45) is 6.15. The number of anilines is 1. The molecule has 1 saturated carbocycles. The van der Waals surface area contributed by atoms with Gasteiger partial charge in [0.05, 0.1) is 5.60 Å². The van der Waals surface area contributed by atoms with Crippen molar-refractivity contribution in [1.29, 1.82) is 0 Å². The smallest absolute Gasteiger partial charge is 0.0702 e. The fraction of sp³-hybridized carbons (Fsp3) is 0.667. The average molecular weight is 273 g/mol. The maximum absolute atomic E-state index is 6.03. The monoisotopic (exact) mass is 273 g/mol. The molecule has 2 heteroatoms. The Hall–Kier alpha value is -1.02. The fourth-order valence-corrected chi connectivity index (χ4v) is 3.55. The van der Waals surface area contributed by atoms with E-state index in [1.54, 1.807) is 0 Å². The predicted octanol–water partition coefficient (Wildman–Crippen LogP) is 4.50. The Morgan fingerprint density at radius 2 is 1.95 bits per heavy atom. The molecule has 110 valence electrons. The highest BCUT2D eigenvalue weighted by Gasteiger charge is 2.42. The summed E-state index contributed by atoms with van der Waals surface area (Å²) in [6.45, 7) is 7.76. The summed E-state index contributed by atoms with van der Waals surface area (Å²) in [6, 6.07) is 9.32. The van der Waals surface area contributed by atoms with Crippen LogP contribution in [-0.2, 0) is 10.2 Å². The second-order valence-corrected chi connectivity index (χ2v) is 7.51. The Labute approximate surface area is 122 Å². The van der Waals surface area contributed by atoms with Gasteiger partial charge in [0.15, 0.2) is 0 Å². The zero-order chi connectivity index (χ0) is 14.2. The van der Waals surface area contributed by atoms with E-state index in [4.69, 9.17) is 4.74 Å². The second-order valence-electron chi connectivity index (χ2n) is 7.51. The van der Waals surface area contributed by atoms with Crippen molar-refractivity contribution in [2.45, 2.75) is 69.9 Å². The predicted molar refractivity (Wildman–Crippen MR) is 84.3 cm³/mol. The van der Waals surface area contributed by atoms with Crippen molar-refractivity contribution in [3.8, 4) is 0 Å². The Balaban J connectivity index is 1.74. The van der Waals surface area contributed by atoms with Gasteiger partial charge in [-0.1, -0.05) is 39.0 Å². The Morgan fingerprint density at radius 1 is 1.20 bits per heavy atom. The van der Waals surface area contributed by atoms with Crippen molar-refractivity contribution in [1.82, 2.24) is 0 Å². The third-order valence-electron chi connectivity index (χ3n) is 4.85. The molecule has 1 unspecified atom stereocenters. The average Bonchev–Trinajstić information content (AvgIpc) is 2.37. The number of para-hydroxylation sites is 1. The molecule has 0 bridgehead atoms. The molecule has 1 aliphatic heterocycles. The van der Waals surface area contributed by atoms with E-state index < -0.39 is 0 Å². The molecule has 0 radical (unpaired) electrons.